The lowest BCUT2D eigenvalue weighted by molar-refractivity contribution is 0.304. The molecule has 0 saturated heterocycles. The minimum absolute atomic E-state index is 0.0985. The van der Waals surface area contributed by atoms with Crippen LogP contribution in [0.4, 0.5) is 10.1 Å². The molecule has 0 amide bonds. The zero-order chi connectivity index (χ0) is 18.5. The standard InChI is InChI=1S/C18H18FN5OS/c1-23(9-10-25)16-7-5-13(6-8-16)12-20-24-17(21-22-18(24)26)14-3-2-4-15(19)11-14/h2-8,11-12,25H,9-10H2,1H3,(H,22,26)/b20-12-. The third-order valence-corrected chi connectivity index (χ3v) is 4.09. The SMILES string of the molecule is CN(CCO)c1ccc(/C=N\n2c(-c3cccc(F)c3)n[nH]c2=S)cc1. The molecule has 0 saturated carbocycles. The molecule has 0 aliphatic heterocycles. The van der Waals surface area contributed by atoms with Crippen molar-refractivity contribution in [2.24, 2.45) is 5.10 Å². The molecule has 0 spiro atoms. The summed E-state index contributed by atoms with van der Waals surface area (Å²) in [5.41, 5.74) is 2.45. The number of hydrogen-bond donors (Lipinski definition) is 2. The van der Waals surface area contributed by atoms with Gasteiger partial charge in [0.2, 0.25) is 4.77 Å². The molecular formula is C18H18FN5OS. The molecule has 0 aliphatic carbocycles. The number of aliphatic hydroxyl groups is 1. The Hall–Kier alpha value is -2.84. The van der Waals surface area contributed by atoms with Crippen molar-refractivity contribution in [1.29, 1.82) is 0 Å². The van der Waals surface area contributed by atoms with Crippen LogP contribution in [0.5, 0.6) is 0 Å². The van der Waals surface area contributed by atoms with Crippen molar-refractivity contribution in [2.45, 2.75) is 0 Å². The van der Waals surface area contributed by atoms with Crippen LogP contribution in [0.3, 0.4) is 0 Å². The lowest BCUT2D eigenvalue weighted by atomic mass is 10.2. The van der Waals surface area contributed by atoms with Gasteiger partial charge in [0.1, 0.15) is 5.82 Å². The number of aromatic nitrogens is 3. The minimum Gasteiger partial charge on any atom is -0.395 e. The van der Waals surface area contributed by atoms with E-state index in [9.17, 15) is 4.39 Å². The third-order valence-electron chi connectivity index (χ3n) is 3.82. The number of H-pyrrole nitrogens is 1. The number of nitrogens with one attached hydrogen (secondary N) is 1. The van der Waals surface area contributed by atoms with Crippen molar-refractivity contribution >= 4 is 24.1 Å². The molecule has 3 rings (SSSR count). The van der Waals surface area contributed by atoms with Crippen molar-refractivity contribution in [2.75, 3.05) is 25.1 Å². The zero-order valence-corrected chi connectivity index (χ0v) is 14.9. The summed E-state index contributed by atoms with van der Waals surface area (Å²) in [6.45, 7) is 0.663. The topological polar surface area (TPSA) is 69.4 Å². The molecule has 0 aliphatic rings. The normalized spacial score (nSPS) is 11.2. The second kappa shape index (κ2) is 8.03. The molecule has 1 heterocycles. The van der Waals surface area contributed by atoms with Gasteiger partial charge in [0.05, 0.1) is 12.8 Å². The van der Waals surface area contributed by atoms with E-state index in [2.05, 4.69) is 15.3 Å². The number of benzene rings is 2. The largest absolute Gasteiger partial charge is 0.395 e. The van der Waals surface area contributed by atoms with Crippen LogP contribution in [0.2, 0.25) is 0 Å². The third kappa shape index (κ3) is 4.04. The van der Waals surface area contributed by atoms with Crippen molar-refractivity contribution in [1.82, 2.24) is 14.9 Å². The quantitative estimate of drug-likeness (QED) is 0.516. The van der Waals surface area contributed by atoms with Crippen LogP contribution >= 0.6 is 12.2 Å². The van der Waals surface area contributed by atoms with Gasteiger partial charge in [-0.1, -0.05) is 24.3 Å². The van der Waals surface area contributed by atoms with Crippen molar-refractivity contribution < 1.29 is 9.50 Å². The molecule has 3 aromatic rings. The smallest absolute Gasteiger partial charge is 0.216 e. The highest BCUT2D eigenvalue weighted by atomic mass is 32.1. The van der Waals surface area contributed by atoms with Crippen LogP contribution in [0, 0.1) is 10.6 Å². The Kier molecular flexibility index (Phi) is 5.55. The Labute approximate surface area is 155 Å². The van der Waals surface area contributed by atoms with E-state index in [1.807, 2.05) is 36.2 Å². The predicted molar refractivity (Wildman–Crippen MR) is 103 cm³/mol. The molecule has 0 fully saturated rings. The molecule has 26 heavy (non-hydrogen) atoms. The molecule has 0 unspecified atom stereocenters. The molecule has 2 aromatic carbocycles. The first kappa shape index (κ1) is 18.0. The van der Waals surface area contributed by atoms with Gasteiger partial charge in [-0.3, -0.25) is 0 Å². The first-order valence-electron chi connectivity index (χ1n) is 7.98. The molecule has 134 valence electrons. The van der Waals surface area contributed by atoms with Crippen LogP contribution in [-0.4, -0.2) is 46.4 Å². The fourth-order valence-corrected chi connectivity index (χ4v) is 2.61. The summed E-state index contributed by atoms with van der Waals surface area (Å²) in [6.07, 6.45) is 1.66. The van der Waals surface area contributed by atoms with Gasteiger partial charge in [-0.2, -0.15) is 14.9 Å². The molecule has 0 atom stereocenters. The zero-order valence-electron chi connectivity index (χ0n) is 14.1. The van der Waals surface area contributed by atoms with E-state index in [-0.39, 0.29) is 12.4 Å². The van der Waals surface area contributed by atoms with Crippen LogP contribution < -0.4 is 4.90 Å². The summed E-state index contributed by atoms with van der Waals surface area (Å²) in [4.78, 5) is 1.95. The molecule has 1 aromatic heterocycles. The Bertz CT molecular complexity index is 964. The van der Waals surface area contributed by atoms with Crippen molar-refractivity contribution in [3.8, 4) is 11.4 Å². The van der Waals surface area contributed by atoms with E-state index in [0.29, 0.717) is 22.7 Å². The lowest BCUT2D eigenvalue weighted by Gasteiger charge is -2.17. The van der Waals surface area contributed by atoms with Gasteiger partial charge in [0, 0.05) is 24.8 Å². The number of hydrogen-bond acceptors (Lipinski definition) is 5. The number of anilines is 1. The fraction of sp³-hybridized carbons (Fsp3) is 0.167. The minimum atomic E-state index is -0.352. The average molecular weight is 371 g/mol. The fourth-order valence-electron chi connectivity index (χ4n) is 2.43. The van der Waals surface area contributed by atoms with Crippen LogP contribution in [0.1, 0.15) is 5.56 Å². The number of likely N-dealkylation sites (N-methyl/N-ethyl adjacent to an activating group) is 1. The molecule has 0 radical (unpaired) electrons. The Balaban J connectivity index is 1.85. The number of nitrogens with zero attached hydrogens (tertiary/aromatic N) is 4. The summed E-state index contributed by atoms with van der Waals surface area (Å²) in [7, 11) is 1.91. The highest BCUT2D eigenvalue weighted by Gasteiger charge is 2.08. The molecule has 6 nitrogen and oxygen atoms in total. The van der Waals surface area contributed by atoms with Gasteiger partial charge in [-0.05, 0) is 42.0 Å². The maximum atomic E-state index is 13.5. The Morgan fingerprint density at radius 2 is 2.08 bits per heavy atom. The van der Waals surface area contributed by atoms with Crippen LogP contribution in [0.15, 0.2) is 53.6 Å². The second-order valence-electron chi connectivity index (χ2n) is 5.66. The summed E-state index contributed by atoms with van der Waals surface area (Å²) in [5.74, 6) is 0.0829. The first-order chi connectivity index (χ1) is 12.6. The van der Waals surface area contributed by atoms with E-state index in [4.69, 9.17) is 17.3 Å². The lowest BCUT2D eigenvalue weighted by Crippen LogP contribution is -2.20. The number of aromatic amines is 1. The molecular weight excluding hydrogens is 353 g/mol. The number of halogens is 1. The van der Waals surface area contributed by atoms with E-state index >= 15 is 0 Å². The predicted octanol–water partition coefficient (Wildman–Crippen LogP) is 3.06. The molecule has 2 N–H and O–H groups in total. The highest BCUT2D eigenvalue weighted by molar-refractivity contribution is 7.71. The summed E-state index contributed by atoms with van der Waals surface area (Å²) >= 11 is 5.21. The van der Waals surface area contributed by atoms with Crippen molar-refractivity contribution in [3.05, 3.63) is 64.7 Å². The van der Waals surface area contributed by atoms with E-state index in [0.717, 1.165) is 11.3 Å². The first-order valence-corrected chi connectivity index (χ1v) is 8.39. The van der Waals surface area contributed by atoms with Crippen LogP contribution in [0.25, 0.3) is 11.4 Å². The maximum absolute atomic E-state index is 13.5. The van der Waals surface area contributed by atoms with E-state index < -0.39 is 0 Å². The molecule has 0 bridgehead atoms. The van der Waals surface area contributed by atoms with E-state index in [1.165, 1.54) is 16.8 Å². The second-order valence-corrected chi connectivity index (χ2v) is 6.04. The molecule has 8 heteroatoms. The summed E-state index contributed by atoms with van der Waals surface area (Å²) in [6, 6.07) is 13.8. The maximum Gasteiger partial charge on any atom is 0.216 e. The van der Waals surface area contributed by atoms with Gasteiger partial charge in [-0.25, -0.2) is 9.49 Å². The Morgan fingerprint density at radius 3 is 2.77 bits per heavy atom. The van der Waals surface area contributed by atoms with E-state index in [1.54, 1.807) is 18.3 Å². The summed E-state index contributed by atoms with van der Waals surface area (Å²) < 4.78 is 15.2. The van der Waals surface area contributed by atoms with Gasteiger partial charge in [0.15, 0.2) is 5.82 Å². The number of rotatable bonds is 6. The van der Waals surface area contributed by atoms with Gasteiger partial charge >= 0.3 is 0 Å². The van der Waals surface area contributed by atoms with Gasteiger partial charge in [-0.15, -0.1) is 0 Å². The monoisotopic (exact) mass is 371 g/mol. The van der Waals surface area contributed by atoms with Crippen molar-refractivity contribution in [3.63, 3.8) is 0 Å². The van der Waals surface area contributed by atoms with Crippen LogP contribution in [-0.2, 0) is 0 Å². The average Bonchev–Trinajstić information content (AvgIpc) is 3.01. The Morgan fingerprint density at radius 1 is 1.31 bits per heavy atom. The van der Waals surface area contributed by atoms with Gasteiger partial charge in [0.25, 0.3) is 0 Å². The number of aliphatic hydroxyl groups excluding tert-OH is 1. The summed E-state index contributed by atoms with van der Waals surface area (Å²) in [5, 5.41) is 20.2. The highest BCUT2D eigenvalue weighted by Crippen LogP contribution is 2.18. The van der Waals surface area contributed by atoms with Gasteiger partial charge < -0.3 is 10.0 Å².